The quantitative estimate of drug-likeness (QED) is 0.638. The Morgan fingerprint density at radius 3 is 2.38 bits per heavy atom. The van der Waals surface area contributed by atoms with Crippen LogP contribution in [0.5, 0.6) is 0 Å². The van der Waals surface area contributed by atoms with Crippen molar-refractivity contribution in [2.45, 2.75) is 39.3 Å². The second-order valence-electron chi connectivity index (χ2n) is 8.26. The number of rotatable bonds is 5. The van der Waals surface area contributed by atoms with E-state index in [4.69, 9.17) is 21.5 Å². The third-order valence-corrected chi connectivity index (χ3v) is 5.99. The highest BCUT2D eigenvalue weighted by Crippen LogP contribution is 2.30. The molecule has 170 valence electrons. The molecule has 0 saturated carbocycles. The lowest BCUT2D eigenvalue weighted by Gasteiger charge is -2.34. The van der Waals surface area contributed by atoms with E-state index in [-0.39, 0.29) is 18.9 Å². The van der Waals surface area contributed by atoms with Crippen LogP contribution in [0.15, 0.2) is 30.5 Å². The van der Waals surface area contributed by atoms with E-state index in [2.05, 4.69) is 24.9 Å². The average molecular weight is 460 g/mol. The van der Waals surface area contributed by atoms with Gasteiger partial charge in [0.1, 0.15) is 0 Å². The molecule has 0 bridgehead atoms. The SMILES string of the molecule is CC(C)n1cc(CN2CCN(C(=O)ON3C(=O)CCC3=O)CC2)c(-c2ccccc2Cl)n1. The van der Waals surface area contributed by atoms with Gasteiger partial charge in [-0.15, -0.1) is 5.06 Å². The minimum absolute atomic E-state index is 0.0811. The van der Waals surface area contributed by atoms with E-state index < -0.39 is 17.9 Å². The molecule has 32 heavy (non-hydrogen) atoms. The molecule has 0 aliphatic carbocycles. The van der Waals surface area contributed by atoms with E-state index in [0.29, 0.717) is 42.8 Å². The molecular weight excluding hydrogens is 434 g/mol. The second-order valence-corrected chi connectivity index (χ2v) is 8.67. The van der Waals surface area contributed by atoms with Crippen LogP contribution in [-0.2, 0) is 21.0 Å². The zero-order valence-corrected chi connectivity index (χ0v) is 18.9. The second kappa shape index (κ2) is 9.30. The third kappa shape index (κ3) is 4.63. The topological polar surface area (TPSA) is 88.0 Å². The molecule has 1 aromatic carbocycles. The van der Waals surface area contributed by atoms with Crippen molar-refractivity contribution in [3.05, 3.63) is 41.0 Å². The number of piperazine rings is 1. The van der Waals surface area contributed by atoms with Gasteiger partial charge >= 0.3 is 6.09 Å². The number of imide groups is 1. The first-order valence-electron chi connectivity index (χ1n) is 10.7. The van der Waals surface area contributed by atoms with Crippen molar-refractivity contribution in [1.82, 2.24) is 24.6 Å². The van der Waals surface area contributed by atoms with E-state index in [1.807, 2.05) is 28.9 Å². The first-order chi connectivity index (χ1) is 15.3. The number of carbonyl (C=O) groups is 3. The van der Waals surface area contributed by atoms with Crippen LogP contribution in [0.4, 0.5) is 4.79 Å². The Labute approximate surface area is 191 Å². The van der Waals surface area contributed by atoms with Crippen molar-refractivity contribution in [2.24, 2.45) is 0 Å². The Morgan fingerprint density at radius 2 is 1.75 bits per heavy atom. The Balaban J connectivity index is 1.41. The van der Waals surface area contributed by atoms with Gasteiger partial charge in [-0.3, -0.25) is 19.2 Å². The van der Waals surface area contributed by atoms with Crippen molar-refractivity contribution < 1.29 is 19.2 Å². The van der Waals surface area contributed by atoms with Crippen molar-refractivity contribution >= 4 is 29.5 Å². The number of carbonyl (C=O) groups excluding carboxylic acids is 3. The van der Waals surface area contributed by atoms with Gasteiger partial charge in [-0.2, -0.15) is 5.10 Å². The van der Waals surface area contributed by atoms with Gasteiger partial charge in [0, 0.05) is 68.9 Å². The van der Waals surface area contributed by atoms with E-state index in [1.54, 1.807) is 0 Å². The van der Waals surface area contributed by atoms with E-state index >= 15 is 0 Å². The van der Waals surface area contributed by atoms with E-state index in [1.165, 1.54) is 4.90 Å². The Morgan fingerprint density at radius 1 is 1.09 bits per heavy atom. The van der Waals surface area contributed by atoms with Crippen LogP contribution in [0, 0.1) is 0 Å². The van der Waals surface area contributed by atoms with Gasteiger partial charge in [0.05, 0.1) is 10.7 Å². The minimum Gasteiger partial charge on any atom is -0.311 e. The monoisotopic (exact) mass is 459 g/mol. The predicted octanol–water partition coefficient (Wildman–Crippen LogP) is 3.10. The molecule has 3 amide bonds. The molecular formula is C22H26ClN5O4. The van der Waals surface area contributed by atoms with Crippen molar-refractivity contribution in [3.63, 3.8) is 0 Å². The summed E-state index contributed by atoms with van der Waals surface area (Å²) >= 11 is 6.43. The zero-order valence-electron chi connectivity index (χ0n) is 18.2. The highest BCUT2D eigenvalue weighted by Gasteiger charge is 2.35. The summed E-state index contributed by atoms with van der Waals surface area (Å²) in [6, 6.07) is 7.88. The summed E-state index contributed by atoms with van der Waals surface area (Å²) in [5.41, 5.74) is 2.82. The number of hydrogen-bond donors (Lipinski definition) is 0. The van der Waals surface area contributed by atoms with E-state index in [0.717, 1.165) is 16.8 Å². The number of benzene rings is 1. The largest absolute Gasteiger partial charge is 0.434 e. The van der Waals surface area contributed by atoms with Crippen LogP contribution in [0.3, 0.4) is 0 Å². The summed E-state index contributed by atoms with van der Waals surface area (Å²) in [6.07, 6.45) is 1.54. The Kier molecular flexibility index (Phi) is 6.48. The van der Waals surface area contributed by atoms with E-state index in [9.17, 15) is 14.4 Å². The fourth-order valence-electron chi connectivity index (χ4n) is 3.81. The van der Waals surface area contributed by atoms with Crippen molar-refractivity contribution in [1.29, 1.82) is 0 Å². The van der Waals surface area contributed by atoms with Crippen LogP contribution in [0.1, 0.15) is 38.3 Å². The third-order valence-electron chi connectivity index (χ3n) is 5.67. The molecule has 0 N–H and O–H groups in total. The standard InChI is InChI=1S/C22H26ClN5O4/c1-15(2)27-14-16(21(24-27)17-5-3-4-6-18(17)23)13-25-9-11-26(12-10-25)22(31)32-28-19(29)7-8-20(28)30/h3-6,14-15H,7-13H2,1-2H3. The van der Waals surface area contributed by atoms with Crippen LogP contribution in [0.25, 0.3) is 11.3 Å². The molecule has 0 unspecified atom stereocenters. The first kappa shape index (κ1) is 22.3. The molecule has 2 fully saturated rings. The van der Waals surface area contributed by atoms with Crippen LogP contribution in [0.2, 0.25) is 5.02 Å². The summed E-state index contributed by atoms with van der Waals surface area (Å²) < 4.78 is 1.94. The van der Waals surface area contributed by atoms with Gasteiger partial charge in [0.2, 0.25) is 0 Å². The smallest absolute Gasteiger partial charge is 0.311 e. The highest BCUT2D eigenvalue weighted by molar-refractivity contribution is 6.33. The number of nitrogens with zero attached hydrogens (tertiary/aromatic N) is 5. The maximum atomic E-state index is 12.4. The Hall–Kier alpha value is -2.91. The lowest BCUT2D eigenvalue weighted by Crippen LogP contribution is -2.50. The van der Waals surface area contributed by atoms with Gasteiger partial charge in [-0.25, -0.2) is 4.79 Å². The number of hydrogen-bond acceptors (Lipinski definition) is 6. The zero-order chi connectivity index (χ0) is 22.8. The minimum atomic E-state index is -0.669. The fourth-order valence-corrected chi connectivity index (χ4v) is 4.04. The average Bonchev–Trinajstić information content (AvgIpc) is 3.33. The molecule has 2 saturated heterocycles. The number of amides is 3. The number of hydroxylamine groups is 2. The van der Waals surface area contributed by atoms with Gasteiger partial charge in [0.25, 0.3) is 11.8 Å². The Bertz CT molecular complexity index is 1010. The molecule has 1 aromatic heterocycles. The fraction of sp³-hybridized carbons (Fsp3) is 0.455. The van der Waals surface area contributed by atoms with Crippen LogP contribution >= 0.6 is 11.6 Å². The molecule has 4 rings (SSSR count). The maximum absolute atomic E-state index is 12.4. The molecule has 0 spiro atoms. The van der Waals surface area contributed by atoms with Gasteiger partial charge in [-0.1, -0.05) is 29.8 Å². The summed E-state index contributed by atoms with van der Waals surface area (Å²) in [7, 11) is 0. The van der Waals surface area contributed by atoms with Gasteiger partial charge in [-0.05, 0) is 19.9 Å². The molecule has 9 nitrogen and oxygen atoms in total. The van der Waals surface area contributed by atoms with Gasteiger partial charge in [0.15, 0.2) is 0 Å². The normalized spacial score (nSPS) is 17.5. The molecule has 3 heterocycles. The molecule has 2 aliphatic rings. The lowest BCUT2D eigenvalue weighted by atomic mass is 10.1. The van der Waals surface area contributed by atoms with Crippen molar-refractivity contribution in [2.75, 3.05) is 26.2 Å². The summed E-state index contributed by atoms with van der Waals surface area (Å²) in [5, 5.41) is 6.01. The molecule has 2 aromatic rings. The maximum Gasteiger partial charge on any atom is 0.434 e. The van der Waals surface area contributed by atoms with Crippen LogP contribution < -0.4 is 0 Å². The summed E-state index contributed by atoms with van der Waals surface area (Å²) in [5.74, 6) is -0.951. The predicted molar refractivity (Wildman–Crippen MR) is 117 cm³/mol. The summed E-state index contributed by atoms with van der Waals surface area (Å²) in [4.78, 5) is 44.5. The van der Waals surface area contributed by atoms with Crippen molar-refractivity contribution in [3.8, 4) is 11.3 Å². The lowest BCUT2D eigenvalue weighted by molar-refractivity contribution is -0.174. The first-order valence-corrected chi connectivity index (χ1v) is 11.1. The highest BCUT2D eigenvalue weighted by atomic mass is 35.5. The molecule has 0 atom stereocenters. The summed E-state index contributed by atoms with van der Waals surface area (Å²) in [6.45, 7) is 6.96. The molecule has 10 heteroatoms. The molecule has 0 radical (unpaired) electrons. The molecule has 2 aliphatic heterocycles. The number of halogens is 1. The van der Waals surface area contributed by atoms with Crippen LogP contribution in [-0.4, -0.2) is 68.7 Å². The number of aromatic nitrogens is 2. The van der Waals surface area contributed by atoms with Gasteiger partial charge < -0.3 is 9.74 Å².